The predicted octanol–water partition coefficient (Wildman–Crippen LogP) is -1.04. The monoisotopic (exact) mass is 480 g/mol. The molecule has 184 valence electrons. The quantitative estimate of drug-likeness (QED) is 0.275. The highest BCUT2D eigenvalue weighted by Crippen LogP contribution is 2.43. The summed E-state index contributed by atoms with van der Waals surface area (Å²) in [4.78, 5) is 12.8. The number of rotatable bonds is 5. The van der Waals surface area contributed by atoms with Crippen molar-refractivity contribution >= 4 is 5.78 Å². The van der Waals surface area contributed by atoms with Crippen molar-refractivity contribution in [1.29, 1.82) is 0 Å². The third-order valence-electron chi connectivity index (χ3n) is 5.74. The molecule has 12 heteroatoms. The number of phenols is 2. The van der Waals surface area contributed by atoms with Gasteiger partial charge in [-0.15, -0.1) is 0 Å². The van der Waals surface area contributed by atoms with E-state index < -0.39 is 61.1 Å². The molecule has 2 aliphatic heterocycles. The summed E-state index contributed by atoms with van der Waals surface area (Å²) < 4.78 is 21.6. The van der Waals surface area contributed by atoms with Crippen LogP contribution in [0.25, 0.3) is 0 Å². The van der Waals surface area contributed by atoms with Crippen molar-refractivity contribution in [3.05, 3.63) is 41.5 Å². The molecular weight excluding hydrogens is 456 g/mol. The van der Waals surface area contributed by atoms with Gasteiger partial charge < -0.3 is 54.7 Å². The number of benzene rings is 2. The average Bonchev–Trinajstić information content (AvgIpc) is 2.81. The molecule has 2 aliphatic rings. The van der Waals surface area contributed by atoms with E-state index in [9.17, 15) is 40.5 Å². The van der Waals surface area contributed by atoms with Crippen LogP contribution in [-0.2, 0) is 4.74 Å². The van der Waals surface area contributed by atoms with E-state index in [1.807, 2.05) is 0 Å². The van der Waals surface area contributed by atoms with Gasteiger partial charge >= 0.3 is 0 Å². The van der Waals surface area contributed by atoms with Gasteiger partial charge in [-0.3, -0.25) is 4.79 Å². The molecule has 1 fully saturated rings. The van der Waals surface area contributed by atoms with Crippen LogP contribution in [0.3, 0.4) is 0 Å². The van der Waals surface area contributed by atoms with Crippen molar-refractivity contribution in [3.8, 4) is 28.7 Å². The molecule has 0 radical (unpaired) electrons. The number of methoxy groups -OCH3 is 1. The first kappa shape index (κ1) is 24.0. The molecule has 2 aromatic rings. The Morgan fingerprint density at radius 3 is 2.38 bits per heavy atom. The number of Topliss-reactive ketones (excluding diaryl/α,β-unsaturated/α-hetero) is 1. The zero-order chi connectivity index (χ0) is 24.7. The maximum Gasteiger partial charge on any atom is 0.229 e. The van der Waals surface area contributed by atoms with E-state index >= 15 is 0 Å². The SMILES string of the molecule is COc1cc([C@H]2Oc3cc(O[C@@H]4O[C@H](CO)[C@@H](O)[C@H](O)[C@H]4O)cc(O)c3C(=O)[C@@H]2O)ccc1O. The minimum atomic E-state index is -1.70. The Morgan fingerprint density at radius 1 is 0.971 bits per heavy atom. The van der Waals surface area contributed by atoms with Gasteiger partial charge in [0.25, 0.3) is 0 Å². The molecule has 4 rings (SSSR count). The van der Waals surface area contributed by atoms with Gasteiger partial charge in [0, 0.05) is 12.1 Å². The van der Waals surface area contributed by atoms with Crippen LogP contribution >= 0.6 is 0 Å². The number of ether oxygens (including phenoxy) is 4. The van der Waals surface area contributed by atoms with Crippen LogP contribution < -0.4 is 14.2 Å². The van der Waals surface area contributed by atoms with Crippen molar-refractivity contribution in [3.63, 3.8) is 0 Å². The molecule has 0 bridgehead atoms. The Kier molecular flexibility index (Phi) is 6.53. The average molecular weight is 480 g/mol. The first-order valence-corrected chi connectivity index (χ1v) is 10.3. The molecule has 0 saturated carbocycles. The lowest BCUT2D eigenvalue weighted by Gasteiger charge is -2.39. The fourth-order valence-electron chi connectivity index (χ4n) is 3.89. The summed E-state index contributed by atoms with van der Waals surface area (Å²) in [5, 5.41) is 70.1. The Balaban J connectivity index is 1.64. The summed E-state index contributed by atoms with van der Waals surface area (Å²) in [6.07, 6.45) is -10.6. The van der Waals surface area contributed by atoms with Crippen molar-refractivity contribution in [2.45, 2.75) is 42.9 Å². The lowest BCUT2D eigenvalue weighted by molar-refractivity contribution is -0.277. The van der Waals surface area contributed by atoms with Gasteiger partial charge in [0.2, 0.25) is 12.1 Å². The van der Waals surface area contributed by atoms with Gasteiger partial charge in [0.05, 0.1) is 13.7 Å². The summed E-state index contributed by atoms with van der Waals surface area (Å²) in [6, 6.07) is 6.36. The minimum absolute atomic E-state index is 0.0918. The van der Waals surface area contributed by atoms with E-state index in [-0.39, 0.29) is 28.6 Å². The number of aliphatic hydroxyl groups is 5. The van der Waals surface area contributed by atoms with Crippen LogP contribution in [0.5, 0.6) is 28.7 Å². The summed E-state index contributed by atoms with van der Waals surface area (Å²) in [5.74, 6) is -1.75. The lowest BCUT2D eigenvalue weighted by atomic mass is 9.92. The Bertz CT molecular complexity index is 1070. The van der Waals surface area contributed by atoms with E-state index in [0.29, 0.717) is 5.56 Å². The van der Waals surface area contributed by atoms with Crippen LogP contribution in [-0.4, -0.2) is 92.1 Å². The molecule has 1 saturated heterocycles. The molecule has 0 aliphatic carbocycles. The molecule has 2 aromatic carbocycles. The summed E-state index contributed by atoms with van der Waals surface area (Å²) >= 11 is 0. The smallest absolute Gasteiger partial charge is 0.229 e. The van der Waals surface area contributed by atoms with Gasteiger partial charge in [0.1, 0.15) is 47.2 Å². The van der Waals surface area contributed by atoms with Crippen LogP contribution in [0.4, 0.5) is 0 Å². The highest BCUT2D eigenvalue weighted by atomic mass is 16.7. The van der Waals surface area contributed by atoms with Crippen LogP contribution in [0.1, 0.15) is 22.0 Å². The molecule has 12 nitrogen and oxygen atoms in total. The number of phenolic OH excluding ortho intramolecular Hbond substituents is 2. The van der Waals surface area contributed by atoms with Gasteiger partial charge in [-0.05, 0) is 17.7 Å². The third kappa shape index (κ3) is 4.11. The highest BCUT2D eigenvalue weighted by molar-refractivity contribution is 6.05. The lowest BCUT2D eigenvalue weighted by Crippen LogP contribution is -2.60. The number of aromatic hydroxyl groups is 2. The normalized spacial score (nSPS) is 30.9. The van der Waals surface area contributed by atoms with Crippen molar-refractivity contribution in [2.24, 2.45) is 0 Å². The number of hydrogen-bond donors (Lipinski definition) is 7. The first-order valence-electron chi connectivity index (χ1n) is 10.3. The number of fused-ring (bicyclic) bond motifs is 1. The fourth-order valence-corrected chi connectivity index (χ4v) is 3.89. The van der Waals surface area contributed by atoms with E-state index in [4.69, 9.17) is 18.9 Å². The largest absolute Gasteiger partial charge is 0.507 e. The van der Waals surface area contributed by atoms with Gasteiger partial charge in [-0.25, -0.2) is 0 Å². The summed E-state index contributed by atoms with van der Waals surface area (Å²) in [5.41, 5.74) is 0.0107. The van der Waals surface area contributed by atoms with Crippen molar-refractivity contribution in [2.75, 3.05) is 13.7 Å². The zero-order valence-corrected chi connectivity index (χ0v) is 17.8. The first-order chi connectivity index (χ1) is 16.2. The molecule has 0 spiro atoms. The van der Waals surface area contributed by atoms with E-state index in [0.717, 1.165) is 6.07 Å². The molecule has 7 atom stereocenters. The van der Waals surface area contributed by atoms with Crippen LogP contribution in [0.2, 0.25) is 0 Å². The number of ketones is 1. The van der Waals surface area contributed by atoms with E-state index in [1.54, 1.807) is 0 Å². The van der Waals surface area contributed by atoms with E-state index in [1.165, 1.54) is 31.4 Å². The van der Waals surface area contributed by atoms with Crippen molar-refractivity contribution in [1.82, 2.24) is 0 Å². The Morgan fingerprint density at radius 2 is 1.71 bits per heavy atom. The number of carbonyl (C=O) groups excluding carboxylic acids is 1. The van der Waals surface area contributed by atoms with Crippen molar-refractivity contribution < 1.29 is 59.5 Å². The molecule has 34 heavy (non-hydrogen) atoms. The Labute approximate surface area is 192 Å². The molecule has 0 aromatic heterocycles. The molecule has 0 amide bonds. The summed E-state index contributed by atoms with van der Waals surface area (Å²) in [6.45, 7) is -0.659. The maximum absolute atomic E-state index is 12.8. The maximum atomic E-state index is 12.8. The molecule has 0 unspecified atom stereocenters. The minimum Gasteiger partial charge on any atom is -0.507 e. The number of carbonyl (C=O) groups is 1. The second kappa shape index (κ2) is 9.25. The summed E-state index contributed by atoms with van der Waals surface area (Å²) in [7, 11) is 1.33. The standard InChI is InChI=1S/C22H24O12/c1-31-12-4-8(2-3-10(12)24)21-19(29)17(27)15-11(25)5-9(6-13(15)33-21)32-22-20(30)18(28)16(26)14(7-23)34-22/h2-6,14,16,18-26,28-30H,7H2,1H3/t14-,16-,18+,19+,20-,21-,22-/m1/s1. The number of hydrogen-bond acceptors (Lipinski definition) is 12. The van der Waals surface area contributed by atoms with Crippen LogP contribution in [0.15, 0.2) is 30.3 Å². The highest BCUT2D eigenvalue weighted by Gasteiger charge is 2.45. The van der Waals surface area contributed by atoms with Gasteiger partial charge in [-0.1, -0.05) is 6.07 Å². The van der Waals surface area contributed by atoms with Gasteiger partial charge in [0.15, 0.2) is 23.7 Å². The number of aliphatic hydroxyl groups excluding tert-OH is 5. The molecule has 7 N–H and O–H groups in total. The fraction of sp³-hybridized carbons (Fsp3) is 0.409. The molecular formula is C22H24O12. The zero-order valence-electron chi connectivity index (χ0n) is 17.8. The Hall–Kier alpha value is -3.13. The predicted molar refractivity (Wildman–Crippen MR) is 111 cm³/mol. The second-order valence-corrected chi connectivity index (χ2v) is 7.91. The third-order valence-corrected chi connectivity index (χ3v) is 5.74. The topological polar surface area (TPSA) is 196 Å². The van der Waals surface area contributed by atoms with Crippen LogP contribution in [0, 0.1) is 0 Å². The second-order valence-electron chi connectivity index (χ2n) is 7.91. The van der Waals surface area contributed by atoms with E-state index in [2.05, 4.69) is 0 Å². The molecule has 2 heterocycles. The van der Waals surface area contributed by atoms with Gasteiger partial charge in [-0.2, -0.15) is 0 Å².